The van der Waals surface area contributed by atoms with Gasteiger partial charge in [0.05, 0.1) is 0 Å². The summed E-state index contributed by atoms with van der Waals surface area (Å²) < 4.78 is 38.5. The standard InChI is InChI=1S/C16H29F3O2.2CH4/c1-7-14(4,5)13(20)9-12(8-11(2)3)10-15(6,21)16(17,18)19;;/h11-12,21H,7-10H2,1-6H3;2*1H4. The van der Waals surface area contributed by atoms with Gasteiger partial charge in [-0.2, -0.15) is 13.2 Å². The van der Waals surface area contributed by atoms with Crippen LogP contribution in [0.25, 0.3) is 0 Å². The number of hydrogen-bond acceptors (Lipinski definition) is 2. The molecule has 5 heteroatoms. The first-order valence-electron chi connectivity index (χ1n) is 7.55. The van der Waals surface area contributed by atoms with Gasteiger partial charge in [0.15, 0.2) is 5.60 Å². The summed E-state index contributed by atoms with van der Waals surface area (Å²) >= 11 is 0. The first-order valence-corrected chi connectivity index (χ1v) is 7.55. The molecule has 0 rings (SSSR count). The molecular formula is C18H37F3O2. The van der Waals surface area contributed by atoms with Crippen molar-refractivity contribution in [2.45, 2.75) is 93.9 Å². The van der Waals surface area contributed by atoms with Crippen LogP contribution in [0.1, 0.15) is 82.1 Å². The Kier molecular flexibility index (Phi) is 11.4. The van der Waals surface area contributed by atoms with Gasteiger partial charge in [-0.25, -0.2) is 0 Å². The summed E-state index contributed by atoms with van der Waals surface area (Å²) in [5.74, 6) is -0.315. The summed E-state index contributed by atoms with van der Waals surface area (Å²) in [5.41, 5.74) is -3.28. The van der Waals surface area contributed by atoms with Crippen molar-refractivity contribution in [3.8, 4) is 0 Å². The Morgan fingerprint density at radius 2 is 1.52 bits per heavy atom. The van der Waals surface area contributed by atoms with Crippen LogP contribution in [0.4, 0.5) is 13.2 Å². The molecule has 0 saturated carbocycles. The molecule has 0 bridgehead atoms. The van der Waals surface area contributed by atoms with Crippen LogP contribution in [0.3, 0.4) is 0 Å². The van der Waals surface area contributed by atoms with Gasteiger partial charge in [0.1, 0.15) is 5.78 Å². The van der Waals surface area contributed by atoms with E-state index in [2.05, 4.69) is 0 Å². The SMILES string of the molecule is C.C.CCC(C)(C)C(=O)CC(CC(C)C)CC(C)(O)C(F)(F)F. The fourth-order valence-electron chi connectivity index (χ4n) is 2.32. The molecule has 142 valence electrons. The Bertz CT molecular complexity index is 345. The van der Waals surface area contributed by atoms with Crippen LogP contribution in [0, 0.1) is 17.3 Å². The van der Waals surface area contributed by atoms with Crippen molar-refractivity contribution in [3.63, 3.8) is 0 Å². The van der Waals surface area contributed by atoms with Crippen LogP contribution in [0.2, 0.25) is 0 Å². The second kappa shape index (κ2) is 9.65. The van der Waals surface area contributed by atoms with E-state index in [1.165, 1.54) is 0 Å². The Labute approximate surface area is 140 Å². The molecule has 0 aliphatic heterocycles. The van der Waals surface area contributed by atoms with E-state index in [4.69, 9.17) is 0 Å². The Hall–Kier alpha value is -0.580. The second-order valence-electron chi connectivity index (χ2n) is 7.34. The fraction of sp³-hybridized carbons (Fsp3) is 0.944. The molecular weight excluding hydrogens is 305 g/mol. The Morgan fingerprint density at radius 1 is 1.09 bits per heavy atom. The lowest BCUT2D eigenvalue weighted by molar-refractivity contribution is -0.258. The van der Waals surface area contributed by atoms with Crippen molar-refractivity contribution in [1.29, 1.82) is 0 Å². The highest BCUT2D eigenvalue weighted by molar-refractivity contribution is 5.84. The zero-order chi connectivity index (χ0) is 17.1. The maximum absolute atomic E-state index is 12.8. The second-order valence-corrected chi connectivity index (χ2v) is 7.34. The van der Waals surface area contributed by atoms with E-state index >= 15 is 0 Å². The highest BCUT2D eigenvalue weighted by Crippen LogP contribution is 2.38. The van der Waals surface area contributed by atoms with Crippen LogP contribution < -0.4 is 0 Å². The van der Waals surface area contributed by atoms with Gasteiger partial charge < -0.3 is 5.11 Å². The highest BCUT2D eigenvalue weighted by atomic mass is 19.4. The quantitative estimate of drug-likeness (QED) is 0.585. The summed E-state index contributed by atoms with van der Waals surface area (Å²) in [6, 6.07) is 0. The molecule has 0 aliphatic rings. The third kappa shape index (κ3) is 8.73. The summed E-state index contributed by atoms with van der Waals surface area (Å²) in [6.07, 6.45) is -3.87. The van der Waals surface area contributed by atoms with Crippen molar-refractivity contribution >= 4 is 5.78 Å². The minimum atomic E-state index is -4.68. The maximum atomic E-state index is 12.8. The van der Waals surface area contributed by atoms with E-state index < -0.39 is 29.5 Å². The molecule has 0 spiro atoms. The fourth-order valence-corrected chi connectivity index (χ4v) is 2.32. The van der Waals surface area contributed by atoms with Crippen LogP contribution >= 0.6 is 0 Å². The summed E-state index contributed by atoms with van der Waals surface area (Å²) in [6.45, 7) is 10.1. The van der Waals surface area contributed by atoms with Crippen molar-refractivity contribution in [2.24, 2.45) is 17.3 Å². The average Bonchev–Trinajstić information content (AvgIpc) is 2.25. The van der Waals surface area contributed by atoms with Crippen molar-refractivity contribution in [2.75, 3.05) is 0 Å². The normalized spacial score (nSPS) is 16.1. The third-order valence-electron chi connectivity index (χ3n) is 4.21. The van der Waals surface area contributed by atoms with Gasteiger partial charge in [0, 0.05) is 11.8 Å². The number of alkyl halides is 3. The predicted molar refractivity (Wildman–Crippen MR) is 91.4 cm³/mol. The van der Waals surface area contributed by atoms with Crippen LogP contribution in [0.5, 0.6) is 0 Å². The van der Waals surface area contributed by atoms with Gasteiger partial charge in [0.2, 0.25) is 0 Å². The van der Waals surface area contributed by atoms with E-state index in [1.54, 1.807) is 0 Å². The molecule has 0 aliphatic carbocycles. The zero-order valence-corrected chi connectivity index (χ0v) is 14.0. The molecule has 0 aromatic rings. The number of carbonyl (C=O) groups excluding carboxylic acids is 1. The lowest BCUT2D eigenvalue weighted by Crippen LogP contribution is -2.44. The van der Waals surface area contributed by atoms with E-state index in [9.17, 15) is 23.1 Å². The first-order chi connectivity index (χ1) is 9.23. The molecule has 0 aromatic heterocycles. The number of Topliss-reactive ketones (excluding diaryl/α,β-unsaturated/α-hetero) is 1. The lowest BCUT2D eigenvalue weighted by atomic mass is 9.76. The van der Waals surface area contributed by atoms with Gasteiger partial charge >= 0.3 is 6.18 Å². The highest BCUT2D eigenvalue weighted by Gasteiger charge is 2.50. The molecule has 23 heavy (non-hydrogen) atoms. The largest absolute Gasteiger partial charge is 0.416 e. The molecule has 0 aromatic carbocycles. The van der Waals surface area contributed by atoms with Crippen molar-refractivity contribution in [1.82, 2.24) is 0 Å². The van der Waals surface area contributed by atoms with Gasteiger partial charge in [0.25, 0.3) is 0 Å². The van der Waals surface area contributed by atoms with E-state index in [-0.39, 0.29) is 33.0 Å². The molecule has 2 atom stereocenters. The minimum absolute atomic E-state index is 0. The van der Waals surface area contributed by atoms with E-state index in [0.717, 1.165) is 6.92 Å². The van der Waals surface area contributed by atoms with Crippen LogP contribution in [0.15, 0.2) is 0 Å². The number of aliphatic hydroxyl groups is 1. The van der Waals surface area contributed by atoms with Gasteiger partial charge in [-0.3, -0.25) is 4.79 Å². The summed E-state index contributed by atoms with van der Waals surface area (Å²) in [7, 11) is 0. The molecule has 0 fully saturated rings. The Balaban J connectivity index is -0.00000200. The molecule has 0 heterocycles. The smallest absolute Gasteiger partial charge is 0.381 e. The van der Waals surface area contributed by atoms with Crippen LogP contribution in [-0.4, -0.2) is 22.7 Å². The van der Waals surface area contributed by atoms with Crippen LogP contribution in [-0.2, 0) is 4.79 Å². The topological polar surface area (TPSA) is 37.3 Å². The molecule has 0 radical (unpaired) electrons. The number of rotatable bonds is 8. The predicted octanol–water partition coefficient (Wildman–Crippen LogP) is 6.02. The zero-order valence-electron chi connectivity index (χ0n) is 14.0. The lowest BCUT2D eigenvalue weighted by Gasteiger charge is -2.32. The Morgan fingerprint density at radius 3 is 1.83 bits per heavy atom. The third-order valence-corrected chi connectivity index (χ3v) is 4.21. The van der Waals surface area contributed by atoms with Crippen molar-refractivity contribution < 1.29 is 23.1 Å². The van der Waals surface area contributed by atoms with Gasteiger partial charge in [-0.1, -0.05) is 49.5 Å². The summed E-state index contributed by atoms with van der Waals surface area (Å²) in [5, 5.41) is 9.67. The van der Waals surface area contributed by atoms with E-state index in [0.29, 0.717) is 12.8 Å². The molecule has 1 N–H and O–H groups in total. The van der Waals surface area contributed by atoms with Gasteiger partial charge in [-0.15, -0.1) is 0 Å². The molecule has 0 saturated heterocycles. The summed E-state index contributed by atoms with van der Waals surface area (Å²) in [4.78, 5) is 12.3. The van der Waals surface area contributed by atoms with E-state index in [1.807, 2.05) is 34.6 Å². The van der Waals surface area contributed by atoms with Gasteiger partial charge in [-0.05, 0) is 38.0 Å². The number of hydrogen-bond donors (Lipinski definition) is 1. The molecule has 2 unspecified atom stereocenters. The number of ketones is 1. The number of halogens is 3. The van der Waals surface area contributed by atoms with Crippen molar-refractivity contribution in [3.05, 3.63) is 0 Å². The minimum Gasteiger partial charge on any atom is -0.381 e. The maximum Gasteiger partial charge on any atom is 0.416 e. The average molecular weight is 342 g/mol. The molecule has 2 nitrogen and oxygen atoms in total. The molecule has 0 amide bonds. The first kappa shape index (κ1) is 27.3. The number of carbonyl (C=O) groups is 1. The monoisotopic (exact) mass is 342 g/mol.